The second-order valence-corrected chi connectivity index (χ2v) is 5.67. The minimum Gasteiger partial charge on any atom is -0.354 e. The van der Waals surface area contributed by atoms with Crippen LogP contribution in [-0.2, 0) is 11.3 Å². The molecule has 0 aliphatic carbocycles. The van der Waals surface area contributed by atoms with Crippen molar-refractivity contribution in [2.75, 3.05) is 6.54 Å². The molecule has 0 unspecified atom stereocenters. The normalized spacial score (nSPS) is 11.3. The quantitative estimate of drug-likeness (QED) is 0.927. The van der Waals surface area contributed by atoms with Gasteiger partial charge in [0.2, 0.25) is 5.91 Å². The van der Waals surface area contributed by atoms with Crippen LogP contribution in [0, 0.1) is 5.41 Å². The van der Waals surface area contributed by atoms with E-state index in [1.54, 1.807) is 12.4 Å². The Morgan fingerprint density at radius 1 is 1.25 bits per heavy atom. The Labute approximate surface area is 119 Å². The first-order valence-electron chi connectivity index (χ1n) is 6.69. The van der Waals surface area contributed by atoms with Crippen molar-refractivity contribution in [2.24, 2.45) is 5.41 Å². The summed E-state index contributed by atoms with van der Waals surface area (Å²) in [5, 5.41) is 2.93. The molecule has 5 nitrogen and oxygen atoms in total. The fourth-order valence-electron chi connectivity index (χ4n) is 1.77. The standard InChI is InChI=1S/C15H20N4O/c1-15(2,3)14(20)18-9-11-19-10-8-17-13(19)12-6-4-5-7-16-12/h4-8,10H,9,11H2,1-3H3,(H,18,20). The molecule has 0 atom stereocenters. The van der Waals surface area contributed by atoms with Crippen LogP contribution in [0.3, 0.4) is 0 Å². The van der Waals surface area contributed by atoms with E-state index in [2.05, 4.69) is 15.3 Å². The zero-order chi connectivity index (χ0) is 14.6. The van der Waals surface area contributed by atoms with Crippen LogP contribution < -0.4 is 5.32 Å². The highest BCUT2D eigenvalue weighted by molar-refractivity contribution is 5.81. The highest BCUT2D eigenvalue weighted by Crippen LogP contribution is 2.14. The van der Waals surface area contributed by atoms with Gasteiger partial charge in [-0.1, -0.05) is 26.8 Å². The first-order chi connectivity index (χ1) is 9.48. The van der Waals surface area contributed by atoms with Crippen LogP contribution in [0.2, 0.25) is 0 Å². The van der Waals surface area contributed by atoms with Crippen molar-refractivity contribution in [1.82, 2.24) is 19.9 Å². The van der Waals surface area contributed by atoms with Gasteiger partial charge >= 0.3 is 0 Å². The van der Waals surface area contributed by atoms with Gasteiger partial charge in [0.05, 0.1) is 0 Å². The molecule has 1 amide bonds. The summed E-state index contributed by atoms with van der Waals surface area (Å²) in [7, 11) is 0. The third kappa shape index (κ3) is 3.44. The van der Waals surface area contributed by atoms with E-state index in [-0.39, 0.29) is 11.3 Å². The van der Waals surface area contributed by atoms with Gasteiger partial charge < -0.3 is 9.88 Å². The number of nitrogens with one attached hydrogen (secondary N) is 1. The number of aromatic nitrogens is 3. The van der Waals surface area contributed by atoms with Crippen LogP contribution in [0.1, 0.15) is 20.8 Å². The predicted molar refractivity (Wildman–Crippen MR) is 77.9 cm³/mol. The molecule has 2 aromatic heterocycles. The van der Waals surface area contributed by atoms with E-state index in [1.807, 2.05) is 49.7 Å². The third-order valence-electron chi connectivity index (χ3n) is 2.93. The van der Waals surface area contributed by atoms with Gasteiger partial charge in [0.25, 0.3) is 0 Å². The van der Waals surface area contributed by atoms with E-state index < -0.39 is 0 Å². The highest BCUT2D eigenvalue weighted by atomic mass is 16.2. The maximum atomic E-state index is 11.8. The second kappa shape index (κ2) is 5.86. The molecule has 0 aliphatic rings. The van der Waals surface area contributed by atoms with E-state index in [0.29, 0.717) is 13.1 Å². The summed E-state index contributed by atoms with van der Waals surface area (Å²) in [6.07, 6.45) is 5.39. The predicted octanol–water partition coefficient (Wildman–Crippen LogP) is 2.11. The summed E-state index contributed by atoms with van der Waals surface area (Å²) in [5.41, 5.74) is 0.471. The van der Waals surface area contributed by atoms with E-state index in [4.69, 9.17) is 0 Å². The Bertz CT molecular complexity index is 569. The summed E-state index contributed by atoms with van der Waals surface area (Å²) in [5.74, 6) is 0.868. The van der Waals surface area contributed by atoms with Crippen LogP contribution in [0.25, 0.3) is 11.5 Å². The Morgan fingerprint density at radius 3 is 2.70 bits per heavy atom. The fraction of sp³-hybridized carbons (Fsp3) is 0.400. The van der Waals surface area contributed by atoms with Gasteiger partial charge in [0.15, 0.2) is 5.82 Å². The fourth-order valence-corrected chi connectivity index (χ4v) is 1.77. The largest absolute Gasteiger partial charge is 0.354 e. The summed E-state index contributed by atoms with van der Waals surface area (Å²) < 4.78 is 1.99. The molecular weight excluding hydrogens is 252 g/mol. The zero-order valence-corrected chi connectivity index (χ0v) is 12.1. The Kier molecular flexibility index (Phi) is 4.17. The van der Waals surface area contributed by atoms with Gasteiger partial charge in [-0.3, -0.25) is 9.78 Å². The number of imidazole rings is 1. The molecule has 20 heavy (non-hydrogen) atoms. The minimum absolute atomic E-state index is 0.0528. The molecular formula is C15H20N4O. The molecule has 0 bridgehead atoms. The number of hydrogen-bond acceptors (Lipinski definition) is 3. The molecule has 0 aliphatic heterocycles. The van der Waals surface area contributed by atoms with Crippen LogP contribution in [0.4, 0.5) is 0 Å². The number of nitrogens with zero attached hydrogens (tertiary/aromatic N) is 3. The van der Waals surface area contributed by atoms with Crippen LogP contribution in [0.5, 0.6) is 0 Å². The lowest BCUT2D eigenvalue weighted by molar-refractivity contribution is -0.128. The molecule has 1 N–H and O–H groups in total. The van der Waals surface area contributed by atoms with Gasteiger partial charge in [-0.2, -0.15) is 0 Å². The first kappa shape index (κ1) is 14.2. The van der Waals surface area contributed by atoms with Gasteiger partial charge in [0.1, 0.15) is 5.69 Å². The molecule has 0 saturated heterocycles. The molecule has 0 radical (unpaired) electrons. The monoisotopic (exact) mass is 272 g/mol. The molecule has 2 aromatic rings. The molecule has 0 saturated carbocycles. The van der Waals surface area contributed by atoms with Crippen LogP contribution in [0.15, 0.2) is 36.8 Å². The molecule has 0 spiro atoms. The number of hydrogen-bond donors (Lipinski definition) is 1. The molecule has 0 fully saturated rings. The van der Waals surface area contributed by atoms with Crippen molar-refractivity contribution >= 4 is 5.91 Å². The minimum atomic E-state index is -0.362. The lowest BCUT2D eigenvalue weighted by Crippen LogP contribution is -2.36. The zero-order valence-electron chi connectivity index (χ0n) is 12.1. The Morgan fingerprint density at radius 2 is 2.05 bits per heavy atom. The smallest absolute Gasteiger partial charge is 0.225 e. The van der Waals surface area contributed by atoms with Crippen molar-refractivity contribution in [3.05, 3.63) is 36.8 Å². The SMILES string of the molecule is CC(C)(C)C(=O)NCCn1ccnc1-c1ccccn1. The van der Waals surface area contributed by atoms with Crippen LogP contribution in [-0.4, -0.2) is 27.0 Å². The summed E-state index contributed by atoms with van der Waals surface area (Å²) >= 11 is 0. The molecule has 106 valence electrons. The number of pyridine rings is 1. The molecule has 5 heteroatoms. The van der Waals surface area contributed by atoms with Crippen molar-refractivity contribution in [3.63, 3.8) is 0 Å². The summed E-state index contributed by atoms with van der Waals surface area (Å²) in [4.78, 5) is 20.4. The maximum absolute atomic E-state index is 11.8. The number of rotatable bonds is 4. The maximum Gasteiger partial charge on any atom is 0.225 e. The van der Waals surface area contributed by atoms with Gasteiger partial charge in [-0.15, -0.1) is 0 Å². The number of carbonyl (C=O) groups is 1. The Balaban J connectivity index is 1.99. The lowest BCUT2D eigenvalue weighted by Gasteiger charge is -2.18. The van der Waals surface area contributed by atoms with Crippen molar-refractivity contribution in [1.29, 1.82) is 0 Å². The first-order valence-corrected chi connectivity index (χ1v) is 6.69. The second-order valence-electron chi connectivity index (χ2n) is 5.67. The van der Waals surface area contributed by atoms with E-state index in [0.717, 1.165) is 11.5 Å². The van der Waals surface area contributed by atoms with Gasteiger partial charge in [-0.25, -0.2) is 4.98 Å². The van der Waals surface area contributed by atoms with Crippen molar-refractivity contribution in [2.45, 2.75) is 27.3 Å². The molecule has 2 rings (SSSR count). The topological polar surface area (TPSA) is 59.8 Å². The summed E-state index contributed by atoms with van der Waals surface area (Å²) in [6.45, 7) is 6.95. The van der Waals surface area contributed by atoms with Gasteiger partial charge in [-0.05, 0) is 12.1 Å². The van der Waals surface area contributed by atoms with E-state index in [9.17, 15) is 4.79 Å². The number of carbonyl (C=O) groups excluding carboxylic acids is 1. The van der Waals surface area contributed by atoms with E-state index >= 15 is 0 Å². The van der Waals surface area contributed by atoms with Gasteiger partial charge in [0, 0.05) is 37.1 Å². The molecule has 0 aromatic carbocycles. The van der Waals surface area contributed by atoms with E-state index in [1.165, 1.54) is 0 Å². The lowest BCUT2D eigenvalue weighted by atomic mass is 9.96. The third-order valence-corrected chi connectivity index (χ3v) is 2.93. The summed E-state index contributed by atoms with van der Waals surface area (Å²) in [6, 6.07) is 5.73. The average Bonchev–Trinajstić information content (AvgIpc) is 2.87. The average molecular weight is 272 g/mol. The molecule has 2 heterocycles. The van der Waals surface area contributed by atoms with Crippen molar-refractivity contribution in [3.8, 4) is 11.5 Å². The van der Waals surface area contributed by atoms with Crippen molar-refractivity contribution < 1.29 is 4.79 Å². The Hall–Kier alpha value is -2.17. The highest BCUT2D eigenvalue weighted by Gasteiger charge is 2.20. The number of amides is 1. The van der Waals surface area contributed by atoms with Crippen LogP contribution >= 0.6 is 0 Å².